The molecule has 0 bridgehead atoms. The fraction of sp³-hybridized carbons (Fsp3) is 0. The highest BCUT2D eigenvalue weighted by Gasteiger charge is 2.21. The number of benzene rings is 5. The lowest BCUT2D eigenvalue weighted by Gasteiger charge is -2.11. The van der Waals surface area contributed by atoms with Crippen LogP contribution in [0.4, 0.5) is 0 Å². The van der Waals surface area contributed by atoms with Gasteiger partial charge in [0.25, 0.3) is 0 Å². The zero-order chi connectivity index (χ0) is 29.0. The number of nitrogens with zero attached hydrogens (tertiary/aromatic N) is 5. The van der Waals surface area contributed by atoms with Crippen molar-refractivity contribution in [1.82, 2.24) is 24.1 Å². The van der Waals surface area contributed by atoms with Crippen molar-refractivity contribution in [1.29, 1.82) is 0 Å². The van der Waals surface area contributed by atoms with E-state index in [-0.39, 0.29) is 0 Å². The van der Waals surface area contributed by atoms with Gasteiger partial charge in [0.2, 0.25) is 0 Å². The third-order valence-corrected chi connectivity index (χ3v) is 8.36. The normalized spacial score (nSPS) is 11.6. The van der Waals surface area contributed by atoms with Crippen molar-refractivity contribution in [2.75, 3.05) is 0 Å². The lowest BCUT2D eigenvalue weighted by Crippen LogP contribution is -2.00. The molecule has 0 aliphatic carbocycles. The third kappa shape index (κ3) is 3.76. The number of pyridine rings is 1. The van der Waals surface area contributed by atoms with Crippen LogP contribution in [0, 0.1) is 0 Å². The van der Waals surface area contributed by atoms with Crippen LogP contribution in [-0.2, 0) is 0 Å². The van der Waals surface area contributed by atoms with Crippen molar-refractivity contribution in [2.24, 2.45) is 0 Å². The second-order valence-electron chi connectivity index (χ2n) is 11.0. The fourth-order valence-corrected chi connectivity index (χ4v) is 6.36. The van der Waals surface area contributed by atoms with Crippen molar-refractivity contribution in [3.63, 3.8) is 0 Å². The van der Waals surface area contributed by atoms with Crippen molar-refractivity contribution < 1.29 is 0 Å². The first kappa shape index (κ1) is 24.5. The molecule has 0 spiro atoms. The van der Waals surface area contributed by atoms with E-state index in [4.69, 9.17) is 15.0 Å². The van der Waals surface area contributed by atoms with Crippen LogP contribution in [-0.4, -0.2) is 24.1 Å². The summed E-state index contributed by atoms with van der Waals surface area (Å²) in [6.07, 6.45) is 1.83. The van der Waals surface area contributed by atoms with Gasteiger partial charge in [0.15, 0.2) is 11.3 Å². The van der Waals surface area contributed by atoms with E-state index in [0.717, 1.165) is 66.8 Å². The molecule has 5 aromatic carbocycles. The van der Waals surface area contributed by atoms with Gasteiger partial charge >= 0.3 is 0 Å². The van der Waals surface area contributed by atoms with Crippen molar-refractivity contribution in [3.05, 3.63) is 152 Å². The Morgan fingerprint density at radius 2 is 0.932 bits per heavy atom. The molecule has 206 valence electrons. The smallest absolute Gasteiger partial charge is 0.168 e. The fourth-order valence-electron chi connectivity index (χ4n) is 6.36. The van der Waals surface area contributed by atoms with Crippen molar-refractivity contribution in [3.8, 4) is 33.6 Å². The molecule has 4 heterocycles. The van der Waals surface area contributed by atoms with Crippen molar-refractivity contribution in [2.45, 2.75) is 0 Å². The number of hydrogen-bond donors (Lipinski definition) is 0. The van der Waals surface area contributed by atoms with Crippen LogP contribution in [0.3, 0.4) is 0 Å². The first-order chi connectivity index (χ1) is 21.8. The lowest BCUT2D eigenvalue weighted by molar-refractivity contribution is 1.10. The van der Waals surface area contributed by atoms with Gasteiger partial charge in [0.1, 0.15) is 16.6 Å². The molecule has 9 rings (SSSR count). The maximum absolute atomic E-state index is 5.43. The third-order valence-electron chi connectivity index (χ3n) is 8.36. The number of rotatable bonds is 4. The van der Waals surface area contributed by atoms with E-state index in [1.807, 2.05) is 24.4 Å². The van der Waals surface area contributed by atoms with Crippen LogP contribution < -0.4 is 0 Å². The average molecular weight is 564 g/mol. The lowest BCUT2D eigenvalue weighted by atomic mass is 10.1. The van der Waals surface area contributed by atoms with E-state index in [0.29, 0.717) is 0 Å². The minimum atomic E-state index is 0.777. The molecule has 0 N–H and O–H groups in total. The van der Waals surface area contributed by atoms with Gasteiger partial charge in [-0.15, -0.1) is 0 Å². The quantitative estimate of drug-likeness (QED) is 0.214. The summed E-state index contributed by atoms with van der Waals surface area (Å²) in [7, 11) is 0. The predicted molar refractivity (Wildman–Crippen MR) is 179 cm³/mol. The van der Waals surface area contributed by atoms with Crippen LogP contribution in [0.2, 0.25) is 0 Å². The summed E-state index contributed by atoms with van der Waals surface area (Å²) >= 11 is 0. The highest BCUT2D eigenvalue weighted by molar-refractivity contribution is 6.11. The molecule has 0 saturated carbocycles. The second kappa shape index (κ2) is 9.75. The van der Waals surface area contributed by atoms with Gasteiger partial charge < -0.3 is 0 Å². The summed E-state index contributed by atoms with van der Waals surface area (Å²) in [6.45, 7) is 0. The highest BCUT2D eigenvalue weighted by Crippen LogP contribution is 2.36. The molecule has 0 amide bonds. The maximum atomic E-state index is 5.43. The minimum Gasteiger partial charge on any atom is -0.292 e. The van der Waals surface area contributed by atoms with Gasteiger partial charge in [-0.25, -0.2) is 9.97 Å². The molecule has 44 heavy (non-hydrogen) atoms. The zero-order valence-corrected chi connectivity index (χ0v) is 23.7. The standard InChI is InChI=1S/C39H25N5/c1-3-12-26(13-4-1)28-16-9-18-30(24-28)43-33-21-8-7-20-32(33)35-38(43)42-39-37(41-35)36-34(22-11-23-40-36)44(39)31-19-10-17-29(25-31)27-14-5-2-6-15-27/h1-25H. The van der Waals surface area contributed by atoms with Crippen LogP contribution >= 0.6 is 0 Å². The number of para-hydroxylation sites is 1. The number of fused-ring (bicyclic) bond motifs is 6. The minimum absolute atomic E-state index is 0.777. The first-order valence-corrected chi connectivity index (χ1v) is 14.7. The van der Waals surface area contributed by atoms with Crippen LogP contribution in [0.1, 0.15) is 0 Å². The summed E-state index contributed by atoms with van der Waals surface area (Å²) in [6, 6.07) is 50.6. The van der Waals surface area contributed by atoms with E-state index in [1.54, 1.807) is 0 Å². The topological polar surface area (TPSA) is 48.5 Å². The molecule has 0 aliphatic heterocycles. The van der Waals surface area contributed by atoms with Gasteiger partial charge in [-0.2, -0.15) is 0 Å². The summed E-state index contributed by atoms with van der Waals surface area (Å²) in [4.78, 5) is 15.6. The molecule has 4 aromatic heterocycles. The first-order valence-electron chi connectivity index (χ1n) is 14.7. The largest absolute Gasteiger partial charge is 0.292 e. The maximum Gasteiger partial charge on any atom is 0.168 e. The molecule has 0 aliphatic rings. The summed E-state index contributed by atoms with van der Waals surface area (Å²) < 4.78 is 4.43. The molecule has 0 atom stereocenters. The Hall–Kier alpha value is -6.07. The molecular formula is C39H25N5. The van der Waals surface area contributed by atoms with E-state index in [9.17, 15) is 0 Å². The Morgan fingerprint density at radius 1 is 0.386 bits per heavy atom. The Bertz CT molecular complexity index is 2320. The average Bonchev–Trinajstić information content (AvgIpc) is 3.60. The van der Waals surface area contributed by atoms with Gasteiger partial charge in [0.05, 0.1) is 11.0 Å². The molecule has 0 radical (unpaired) electrons. The molecule has 0 fully saturated rings. The molecule has 5 nitrogen and oxygen atoms in total. The Balaban J connectivity index is 1.35. The second-order valence-corrected chi connectivity index (χ2v) is 11.0. The van der Waals surface area contributed by atoms with Gasteiger partial charge in [-0.3, -0.25) is 14.1 Å². The number of hydrogen-bond acceptors (Lipinski definition) is 3. The highest BCUT2D eigenvalue weighted by atomic mass is 15.1. The van der Waals surface area contributed by atoms with E-state index >= 15 is 0 Å². The van der Waals surface area contributed by atoms with E-state index < -0.39 is 0 Å². The van der Waals surface area contributed by atoms with Crippen LogP contribution in [0.15, 0.2) is 152 Å². The molecule has 5 heteroatoms. The van der Waals surface area contributed by atoms with E-state index in [1.165, 1.54) is 11.1 Å². The van der Waals surface area contributed by atoms with Gasteiger partial charge in [0, 0.05) is 23.0 Å². The molecule has 9 aromatic rings. The monoisotopic (exact) mass is 563 g/mol. The summed E-state index contributed by atoms with van der Waals surface area (Å²) in [5.74, 6) is 0. The Morgan fingerprint density at radius 3 is 1.61 bits per heavy atom. The van der Waals surface area contributed by atoms with Crippen LogP contribution in [0.5, 0.6) is 0 Å². The molecular weight excluding hydrogens is 538 g/mol. The van der Waals surface area contributed by atoms with Crippen molar-refractivity contribution >= 4 is 44.3 Å². The van der Waals surface area contributed by atoms with Gasteiger partial charge in [-0.05, 0) is 64.7 Å². The SMILES string of the molecule is c1ccc(-c2cccc(-n3c4ccccc4c4nc5c6ncccc6n(-c6cccc(-c7ccccc7)c6)c5nc43)c2)cc1. The summed E-state index contributed by atoms with van der Waals surface area (Å²) in [5.41, 5.74) is 12.8. The number of aromatic nitrogens is 5. The summed E-state index contributed by atoms with van der Waals surface area (Å²) in [5, 5.41) is 1.06. The predicted octanol–water partition coefficient (Wildman–Crippen LogP) is 9.40. The molecule has 0 unspecified atom stereocenters. The molecule has 0 saturated heterocycles. The van der Waals surface area contributed by atoms with Gasteiger partial charge in [-0.1, -0.05) is 103 Å². The Labute approximate surface area is 253 Å². The Kier molecular flexibility index (Phi) is 5.43. The zero-order valence-electron chi connectivity index (χ0n) is 23.7. The van der Waals surface area contributed by atoms with E-state index in [2.05, 4.69) is 137 Å². The van der Waals surface area contributed by atoms with Crippen LogP contribution in [0.25, 0.3) is 77.9 Å².